The van der Waals surface area contributed by atoms with Crippen molar-refractivity contribution in [1.29, 1.82) is 0 Å². The fourth-order valence-electron chi connectivity index (χ4n) is 2.50. The van der Waals surface area contributed by atoms with Crippen molar-refractivity contribution in [1.82, 2.24) is 10.3 Å². The van der Waals surface area contributed by atoms with Gasteiger partial charge in [-0.05, 0) is 48.9 Å². The maximum Gasteiger partial charge on any atom is 0.240 e. The lowest BCUT2D eigenvalue weighted by atomic mass is 10.1. The minimum absolute atomic E-state index is 0.0787. The second-order valence-electron chi connectivity index (χ2n) is 5.97. The second kappa shape index (κ2) is 9.12. The summed E-state index contributed by atoms with van der Waals surface area (Å²) in [4.78, 5) is 16.7. The molecular formula is C20H20BrN3O2S. The fourth-order valence-corrected chi connectivity index (χ4v) is 3.50. The highest BCUT2D eigenvalue weighted by Crippen LogP contribution is 2.26. The summed E-state index contributed by atoms with van der Waals surface area (Å²) in [6, 6.07) is 15.8. The Hall–Kier alpha value is -2.22. The van der Waals surface area contributed by atoms with Crippen molar-refractivity contribution in [3.05, 3.63) is 63.9 Å². The van der Waals surface area contributed by atoms with Crippen molar-refractivity contribution >= 4 is 38.3 Å². The number of nitrogens with zero attached hydrogens (tertiary/aromatic N) is 1. The van der Waals surface area contributed by atoms with E-state index < -0.39 is 0 Å². The molecule has 0 spiro atoms. The number of hydrogen-bond donors (Lipinski definition) is 2. The van der Waals surface area contributed by atoms with Gasteiger partial charge >= 0.3 is 0 Å². The lowest BCUT2D eigenvalue weighted by Gasteiger charge is -2.13. The molecule has 2 aromatic carbocycles. The zero-order chi connectivity index (χ0) is 19.2. The van der Waals surface area contributed by atoms with Gasteiger partial charge in [0.2, 0.25) is 5.91 Å². The van der Waals surface area contributed by atoms with Crippen LogP contribution in [0.1, 0.15) is 18.5 Å². The largest absolute Gasteiger partial charge is 0.497 e. The molecule has 0 saturated carbocycles. The molecule has 3 rings (SSSR count). The number of rotatable bonds is 7. The Morgan fingerprint density at radius 1 is 1.19 bits per heavy atom. The minimum atomic E-state index is -0.116. The van der Waals surface area contributed by atoms with E-state index in [1.165, 1.54) is 11.3 Å². The molecule has 1 aromatic heterocycles. The van der Waals surface area contributed by atoms with Gasteiger partial charge in [0.15, 0.2) is 5.13 Å². The molecule has 3 aromatic rings. The molecule has 5 nitrogen and oxygen atoms in total. The van der Waals surface area contributed by atoms with Crippen LogP contribution in [0.15, 0.2) is 58.4 Å². The van der Waals surface area contributed by atoms with Crippen LogP contribution in [-0.2, 0) is 4.79 Å². The van der Waals surface area contributed by atoms with E-state index in [0.717, 1.165) is 27.0 Å². The molecule has 7 heteroatoms. The van der Waals surface area contributed by atoms with E-state index in [9.17, 15) is 4.79 Å². The van der Waals surface area contributed by atoms with Crippen molar-refractivity contribution in [2.24, 2.45) is 0 Å². The van der Waals surface area contributed by atoms with Gasteiger partial charge in [-0.3, -0.25) is 4.79 Å². The SMILES string of the molecule is COc1ccc(-c2csc(NC(=O)CN[C@@H](C)c3ccc(Br)cc3)n2)cc1. The molecule has 0 aliphatic rings. The second-order valence-corrected chi connectivity index (χ2v) is 7.74. The number of benzene rings is 2. The highest BCUT2D eigenvalue weighted by Gasteiger charge is 2.10. The first-order valence-electron chi connectivity index (χ1n) is 8.44. The summed E-state index contributed by atoms with van der Waals surface area (Å²) in [7, 11) is 1.64. The Kier molecular flexibility index (Phi) is 6.60. The molecule has 27 heavy (non-hydrogen) atoms. The molecule has 0 saturated heterocycles. The standard InChI is InChI=1S/C20H20BrN3O2S/c1-13(14-3-7-16(21)8-4-14)22-11-19(25)24-20-23-18(12-27-20)15-5-9-17(26-2)10-6-15/h3-10,12-13,22H,11H2,1-2H3,(H,23,24,25)/t13-/m0/s1. The number of carbonyl (C=O) groups is 1. The van der Waals surface area contributed by atoms with Gasteiger partial charge in [-0.25, -0.2) is 4.98 Å². The van der Waals surface area contributed by atoms with Crippen LogP contribution in [0.25, 0.3) is 11.3 Å². The first-order chi connectivity index (χ1) is 13.0. The Morgan fingerprint density at radius 3 is 2.56 bits per heavy atom. The molecule has 0 bridgehead atoms. The molecule has 0 aliphatic carbocycles. The van der Waals surface area contributed by atoms with Crippen molar-refractivity contribution in [3.8, 4) is 17.0 Å². The predicted molar refractivity (Wildman–Crippen MR) is 113 cm³/mol. The van der Waals surface area contributed by atoms with Crippen LogP contribution in [0.4, 0.5) is 5.13 Å². The summed E-state index contributed by atoms with van der Waals surface area (Å²) < 4.78 is 6.20. The topological polar surface area (TPSA) is 63.2 Å². The van der Waals surface area contributed by atoms with Crippen LogP contribution >= 0.6 is 27.3 Å². The number of halogens is 1. The summed E-state index contributed by atoms with van der Waals surface area (Å²) in [6.07, 6.45) is 0. The van der Waals surface area contributed by atoms with E-state index in [0.29, 0.717) is 5.13 Å². The van der Waals surface area contributed by atoms with Crippen molar-refractivity contribution in [3.63, 3.8) is 0 Å². The molecule has 0 fully saturated rings. The zero-order valence-corrected chi connectivity index (χ0v) is 17.4. The van der Waals surface area contributed by atoms with Gasteiger partial charge in [0.05, 0.1) is 19.3 Å². The summed E-state index contributed by atoms with van der Waals surface area (Å²) in [5.74, 6) is 0.683. The van der Waals surface area contributed by atoms with Crippen LogP contribution in [0, 0.1) is 0 Å². The van der Waals surface area contributed by atoms with E-state index >= 15 is 0 Å². The lowest BCUT2D eigenvalue weighted by Crippen LogP contribution is -2.30. The number of nitrogens with one attached hydrogen (secondary N) is 2. The number of hydrogen-bond acceptors (Lipinski definition) is 5. The quantitative estimate of drug-likeness (QED) is 0.544. The van der Waals surface area contributed by atoms with E-state index in [2.05, 4.69) is 31.5 Å². The summed E-state index contributed by atoms with van der Waals surface area (Å²) in [5, 5.41) is 8.58. The maximum absolute atomic E-state index is 12.2. The molecule has 1 atom stereocenters. The van der Waals surface area contributed by atoms with Gasteiger partial charge in [0, 0.05) is 21.5 Å². The smallest absolute Gasteiger partial charge is 0.240 e. The van der Waals surface area contributed by atoms with Gasteiger partial charge in [0.1, 0.15) is 5.75 Å². The van der Waals surface area contributed by atoms with Crippen LogP contribution < -0.4 is 15.4 Å². The Bertz CT molecular complexity index is 894. The average Bonchev–Trinajstić information content (AvgIpc) is 3.15. The molecule has 0 radical (unpaired) electrons. The summed E-state index contributed by atoms with van der Waals surface area (Å²) >= 11 is 4.83. The highest BCUT2D eigenvalue weighted by molar-refractivity contribution is 9.10. The number of carbonyl (C=O) groups excluding carboxylic acids is 1. The van der Waals surface area contributed by atoms with E-state index in [1.54, 1.807) is 7.11 Å². The third kappa shape index (κ3) is 5.38. The minimum Gasteiger partial charge on any atom is -0.497 e. The van der Waals surface area contributed by atoms with E-state index in [4.69, 9.17) is 4.74 Å². The number of amides is 1. The number of methoxy groups -OCH3 is 1. The van der Waals surface area contributed by atoms with Gasteiger partial charge in [-0.1, -0.05) is 28.1 Å². The normalized spacial score (nSPS) is 11.8. The van der Waals surface area contributed by atoms with Gasteiger partial charge in [-0.2, -0.15) is 0 Å². The summed E-state index contributed by atoms with van der Waals surface area (Å²) in [6.45, 7) is 2.25. The molecule has 0 unspecified atom stereocenters. The third-order valence-corrected chi connectivity index (χ3v) is 5.36. The van der Waals surface area contributed by atoms with Crippen molar-refractivity contribution in [2.45, 2.75) is 13.0 Å². The van der Waals surface area contributed by atoms with Crippen LogP contribution in [0.5, 0.6) is 5.75 Å². The predicted octanol–water partition coefficient (Wildman–Crippen LogP) is 4.87. The number of anilines is 1. The summed E-state index contributed by atoms with van der Waals surface area (Å²) in [5.41, 5.74) is 2.94. The van der Waals surface area contributed by atoms with Crippen LogP contribution in [-0.4, -0.2) is 24.5 Å². The van der Waals surface area contributed by atoms with Gasteiger partial charge in [0.25, 0.3) is 0 Å². The van der Waals surface area contributed by atoms with E-state index in [-0.39, 0.29) is 18.5 Å². The molecule has 0 aliphatic heterocycles. The molecular weight excluding hydrogens is 426 g/mol. The number of aromatic nitrogens is 1. The first kappa shape index (κ1) is 19.5. The Labute approximate surface area is 170 Å². The zero-order valence-electron chi connectivity index (χ0n) is 15.0. The number of thiazole rings is 1. The van der Waals surface area contributed by atoms with Gasteiger partial charge < -0.3 is 15.4 Å². The third-order valence-electron chi connectivity index (χ3n) is 4.08. The van der Waals surface area contributed by atoms with Crippen LogP contribution in [0.2, 0.25) is 0 Å². The van der Waals surface area contributed by atoms with Crippen molar-refractivity contribution < 1.29 is 9.53 Å². The van der Waals surface area contributed by atoms with Crippen LogP contribution in [0.3, 0.4) is 0 Å². The van der Waals surface area contributed by atoms with E-state index in [1.807, 2.05) is 60.8 Å². The Morgan fingerprint density at radius 2 is 1.89 bits per heavy atom. The molecule has 2 N–H and O–H groups in total. The average molecular weight is 446 g/mol. The number of ether oxygens (including phenoxy) is 1. The van der Waals surface area contributed by atoms with Crippen molar-refractivity contribution in [2.75, 3.05) is 19.0 Å². The molecule has 140 valence electrons. The van der Waals surface area contributed by atoms with Gasteiger partial charge in [-0.15, -0.1) is 11.3 Å². The maximum atomic E-state index is 12.2. The molecule has 1 heterocycles. The first-order valence-corrected chi connectivity index (χ1v) is 10.1. The lowest BCUT2D eigenvalue weighted by molar-refractivity contribution is -0.115. The Balaban J connectivity index is 1.53. The monoisotopic (exact) mass is 445 g/mol. The molecule has 1 amide bonds. The fraction of sp³-hybridized carbons (Fsp3) is 0.200. The highest BCUT2D eigenvalue weighted by atomic mass is 79.9.